The lowest BCUT2D eigenvalue weighted by Gasteiger charge is -2.15. The van der Waals surface area contributed by atoms with Crippen molar-refractivity contribution in [2.75, 3.05) is 0 Å². The molecule has 11 heavy (non-hydrogen) atoms. The van der Waals surface area contributed by atoms with Gasteiger partial charge >= 0.3 is 6.18 Å². The van der Waals surface area contributed by atoms with Crippen molar-refractivity contribution in [3.05, 3.63) is 33.4 Å². The number of alkyl halides is 3. The molecule has 0 atom stereocenters. The van der Waals surface area contributed by atoms with E-state index in [9.17, 15) is 13.2 Å². The minimum Gasteiger partial charge on any atom is -0.758 e. The van der Waals surface area contributed by atoms with Crippen LogP contribution in [0.5, 0.6) is 0 Å². The Morgan fingerprint density at radius 2 is 1.64 bits per heavy atom. The summed E-state index contributed by atoms with van der Waals surface area (Å²) in [6.45, 7) is 0. The van der Waals surface area contributed by atoms with Crippen molar-refractivity contribution in [3.8, 4) is 0 Å². The Bertz CT molecular complexity index is 254. The number of rotatable bonds is 0. The minimum absolute atomic E-state index is 0.234. The van der Waals surface area contributed by atoms with E-state index < -0.39 is 11.7 Å². The molecule has 0 N–H and O–H groups in total. The van der Waals surface area contributed by atoms with Crippen molar-refractivity contribution in [2.24, 2.45) is 0 Å². The molecule has 1 radical (unpaired) electrons. The number of hydrogen-bond donors (Lipinski definition) is 0. The van der Waals surface area contributed by atoms with Gasteiger partial charge in [-0.2, -0.15) is 16.7 Å². The largest absolute Gasteiger partial charge is 0.758 e. The van der Waals surface area contributed by atoms with Gasteiger partial charge in [0.05, 0.1) is 0 Å². The highest BCUT2D eigenvalue weighted by atomic mass is 127. The van der Waals surface area contributed by atoms with Crippen LogP contribution in [0.4, 0.5) is 13.2 Å². The third-order valence-corrected chi connectivity index (χ3v) is 2.12. The van der Waals surface area contributed by atoms with E-state index in [1.165, 1.54) is 12.1 Å². The van der Waals surface area contributed by atoms with Crippen molar-refractivity contribution in [1.29, 1.82) is 0 Å². The van der Waals surface area contributed by atoms with Gasteiger partial charge in [0, 0.05) is 5.56 Å². The smallest absolute Gasteiger partial charge is 0.414 e. The average Bonchev–Trinajstić information content (AvgIpc) is 1.86. The van der Waals surface area contributed by atoms with Crippen molar-refractivity contribution in [3.63, 3.8) is 0 Å². The van der Waals surface area contributed by atoms with Gasteiger partial charge in [-0.1, -0.05) is 24.3 Å². The van der Waals surface area contributed by atoms with Crippen molar-refractivity contribution >= 4 is 0 Å². The zero-order valence-electron chi connectivity index (χ0n) is 5.32. The fourth-order valence-electron chi connectivity index (χ4n) is 0.691. The zero-order chi connectivity index (χ0) is 8.48. The first-order chi connectivity index (χ1) is 5.02. The molecule has 1 aromatic carbocycles. The predicted octanol–water partition coefficient (Wildman–Crippen LogP) is -0.572. The van der Waals surface area contributed by atoms with Crippen LogP contribution in [0.1, 0.15) is 5.56 Å². The van der Waals surface area contributed by atoms with Gasteiger partial charge in [-0.3, -0.25) is 0 Å². The summed E-state index contributed by atoms with van der Waals surface area (Å²) in [6, 6.07) is 5.47. The van der Waals surface area contributed by atoms with Gasteiger partial charge in [0.2, 0.25) is 0 Å². The van der Waals surface area contributed by atoms with Crippen molar-refractivity contribution in [2.45, 2.75) is 6.18 Å². The molecule has 0 bridgehead atoms. The summed E-state index contributed by atoms with van der Waals surface area (Å²) < 4.78 is 36.4. The molecule has 1 aromatic rings. The average molecular weight is 272 g/mol. The fourth-order valence-corrected chi connectivity index (χ4v) is 1.38. The number of hydrogen-bond acceptors (Lipinski definition) is 0. The Balaban J connectivity index is 3.14. The second-order valence-electron chi connectivity index (χ2n) is 1.98. The van der Waals surface area contributed by atoms with Crippen LogP contribution in [-0.2, 0) is 6.18 Å². The van der Waals surface area contributed by atoms with Gasteiger partial charge in [0.25, 0.3) is 0 Å². The molecule has 1 rings (SSSR count). The molecule has 0 aliphatic carbocycles. The Hall–Kier alpha value is -0.260. The Morgan fingerprint density at radius 1 is 1.09 bits per heavy atom. The second-order valence-corrected chi connectivity index (χ2v) is 3.14. The Kier molecular flexibility index (Phi) is 2.41. The minimum atomic E-state index is -4.22. The highest BCUT2D eigenvalue weighted by Gasteiger charge is 2.29. The topological polar surface area (TPSA) is 0 Å². The Labute approximate surface area is 75.6 Å². The third-order valence-electron chi connectivity index (χ3n) is 1.18. The third kappa shape index (κ3) is 2.08. The molecule has 0 aliphatic rings. The molecule has 0 nitrogen and oxygen atoms in total. The maximum Gasteiger partial charge on any atom is 0.414 e. The molecule has 0 saturated carbocycles. The van der Waals surface area contributed by atoms with Gasteiger partial charge in [0.15, 0.2) is 0 Å². The normalized spacial score (nSPS) is 11.6. The van der Waals surface area contributed by atoms with E-state index in [4.69, 9.17) is 0 Å². The van der Waals surface area contributed by atoms with Crippen LogP contribution in [0.15, 0.2) is 24.3 Å². The molecule has 61 valence electrons. The van der Waals surface area contributed by atoms with E-state index in [2.05, 4.69) is 0 Å². The summed E-state index contributed by atoms with van der Waals surface area (Å²) in [4.78, 5) is 0. The van der Waals surface area contributed by atoms with Gasteiger partial charge in [-0.05, 0) is 0 Å². The maximum absolute atomic E-state index is 12.0. The lowest BCUT2D eigenvalue weighted by Crippen LogP contribution is -3.34. The van der Waals surface area contributed by atoms with E-state index in [0.29, 0.717) is 0 Å². The molecule has 0 heterocycles. The summed E-state index contributed by atoms with van der Waals surface area (Å²) >= 11 is 1.67. The van der Waals surface area contributed by atoms with Crippen LogP contribution in [0.2, 0.25) is 0 Å². The standard InChI is InChI=1S/C7H4F3I/c8-7(9,10)5-3-1-2-4-6(5)11/h1-4H/q-1. The molecule has 0 aliphatic heterocycles. The van der Waals surface area contributed by atoms with E-state index in [1.807, 2.05) is 0 Å². The van der Waals surface area contributed by atoms with Gasteiger partial charge in [-0.25, -0.2) is 0 Å². The lowest BCUT2D eigenvalue weighted by atomic mass is 10.2. The predicted molar refractivity (Wildman–Crippen MR) is 30.1 cm³/mol. The van der Waals surface area contributed by atoms with Crippen LogP contribution >= 0.6 is 0 Å². The molecular formula is C7H4F3I-. The maximum atomic E-state index is 12.0. The summed E-state index contributed by atoms with van der Waals surface area (Å²) in [7, 11) is 0. The van der Waals surface area contributed by atoms with Crippen LogP contribution in [0.3, 0.4) is 0 Å². The SMILES string of the molecule is FC(F)(F)c1ccccc1[I-]. The van der Waals surface area contributed by atoms with E-state index in [1.54, 1.807) is 28.7 Å². The van der Waals surface area contributed by atoms with Gasteiger partial charge in [-0.15, -0.1) is 0 Å². The van der Waals surface area contributed by atoms with Gasteiger partial charge in [0.1, 0.15) is 0 Å². The van der Waals surface area contributed by atoms with Gasteiger partial charge < -0.3 is 22.6 Å². The monoisotopic (exact) mass is 272 g/mol. The Morgan fingerprint density at radius 3 is 2.00 bits per heavy atom. The second kappa shape index (κ2) is 3.00. The number of benzene rings is 1. The molecule has 0 aromatic heterocycles. The molecule has 0 saturated heterocycles. The van der Waals surface area contributed by atoms with Crippen LogP contribution in [-0.4, -0.2) is 0 Å². The quantitative estimate of drug-likeness (QED) is 0.555. The molecule has 0 fully saturated rings. The van der Waals surface area contributed by atoms with E-state index in [-0.39, 0.29) is 3.57 Å². The first-order valence-corrected chi connectivity index (χ1v) is 3.91. The molecule has 0 spiro atoms. The first kappa shape index (κ1) is 8.83. The molecule has 0 amide bonds. The zero-order valence-corrected chi connectivity index (χ0v) is 7.48. The number of halogens is 4. The van der Waals surface area contributed by atoms with Crippen LogP contribution in [0.25, 0.3) is 0 Å². The molecule has 4 heteroatoms. The highest BCUT2D eigenvalue weighted by Crippen LogP contribution is 2.28. The van der Waals surface area contributed by atoms with Crippen LogP contribution < -0.4 is 22.6 Å². The van der Waals surface area contributed by atoms with Crippen molar-refractivity contribution < 1.29 is 35.8 Å². The van der Waals surface area contributed by atoms with E-state index >= 15 is 0 Å². The molecule has 0 unspecified atom stereocenters. The van der Waals surface area contributed by atoms with Crippen molar-refractivity contribution in [1.82, 2.24) is 0 Å². The molecular weight excluding hydrogens is 268 g/mol. The summed E-state index contributed by atoms with van der Waals surface area (Å²) in [5.74, 6) is 0. The first-order valence-electron chi connectivity index (χ1n) is 2.83. The van der Waals surface area contributed by atoms with E-state index in [0.717, 1.165) is 6.07 Å². The highest BCUT2D eigenvalue weighted by molar-refractivity contribution is 5.16. The summed E-state index contributed by atoms with van der Waals surface area (Å²) in [5.41, 5.74) is -0.569. The van der Waals surface area contributed by atoms with Crippen LogP contribution in [0, 0.1) is 3.57 Å². The fraction of sp³-hybridized carbons (Fsp3) is 0.143. The summed E-state index contributed by atoms with van der Waals surface area (Å²) in [5, 5.41) is 0. The lowest BCUT2D eigenvalue weighted by molar-refractivity contribution is -0.335. The summed E-state index contributed by atoms with van der Waals surface area (Å²) in [6.07, 6.45) is -4.22.